The van der Waals surface area contributed by atoms with Crippen LogP contribution in [0.2, 0.25) is 0 Å². The second-order valence-electron chi connectivity index (χ2n) is 8.82. The summed E-state index contributed by atoms with van der Waals surface area (Å²) in [6.45, 7) is 2.80. The predicted molar refractivity (Wildman–Crippen MR) is 128 cm³/mol. The topological polar surface area (TPSA) is 92.5 Å². The number of ketones is 1. The smallest absolute Gasteiger partial charge is 0.305 e. The second kappa shape index (κ2) is 10.7. The third kappa shape index (κ3) is 6.01. The van der Waals surface area contributed by atoms with Gasteiger partial charge in [0.05, 0.1) is 24.7 Å². The lowest BCUT2D eigenvalue weighted by molar-refractivity contribution is -0.137. The minimum absolute atomic E-state index is 0.0102. The number of benzene rings is 1. The summed E-state index contributed by atoms with van der Waals surface area (Å²) in [4.78, 5) is 38.0. The van der Waals surface area contributed by atoms with Gasteiger partial charge >= 0.3 is 5.97 Å². The number of aryl methyl sites for hydroxylation is 1. The van der Waals surface area contributed by atoms with Crippen LogP contribution in [-0.4, -0.2) is 55.0 Å². The van der Waals surface area contributed by atoms with Crippen LogP contribution >= 0.6 is 11.8 Å². The summed E-state index contributed by atoms with van der Waals surface area (Å²) >= 11 is 1.26. The van der Waals surface area contributed by atoms with Crippen LogP contribution < -0.4 is 0 Å². The quantitative estimate of drug-likeness (QED) is 0.575. The van der Waals surface area contributed by atoms with Gasteiger partial charge in [-0.15, -0.1) is 0 Å². The predicted octanol–water partition coefficient (Wildman–Crippen LogP) is 3.95. The first-order valence-electron chi connectivity index (χ1n) is 11.5. The molecule has 180 valence electrons. The Morgan fingerprint density at radius 2 is 2.00 bits per heavy atom. The maximum absolute atomic E-state index is 14.8. The molecule has 0 amide bonds. The minimum atomic E-state index is -0.893. The molecule has 1 aliphatic heterocycles. The number of aromatic nitrogens is 2. The number of likely N-dealkylation sites (tertiary alicyclic amines) is 1. The average Bonchev–Trinajstić information content (AvgIpc) is 3.55. The van der Waals surface area contributed by atoms with E-state index in [2.05, 4.69) is 5.10 Å². The van der Waals surface area contributed by atoms with Gasteiger partial charge in [-0.2, -0.15) is 5.10 Å². The Morgan fingerprint density at radius 1 is 1.24 bits per heavy atom. The fraction of sp³-hybridized carbons (Fsp3) is 0.440. The number of aliphatic carboxylic acids is 1. The van der Waals surface area contributed by atoms with Crippen molar-refractivity contribution in [3.63, 3.8) is 0 Å². The molecule has 7 nitrogen and oxygen atoms in total. The zero-order valence-electron chi connectivity index (χ0n) is 19.0. The van der Waals surface area contributed by atoms with Gasteiger partial charge in [0.25, 0.3) is 0 Å². The van der Waals surface area contributed by atoms with Crippen LogP contribution in [-0.2, 0) is 20.9 Å². The Labute approximate surface area is 202 Å². The molecule has 2 atom stereocenters. The first-order valence-corrected chi connectivity index (χ1v) is 12.3. The van der Waals surface area contributed by atoms with Crippen molar-refractivity contribution in [3.8, 4) is 0 Å². The van der Waals surface area contributed by atoms with E-state index in [1.807, 2.05) is 11.0 Å². The number of piperidine rings is 1. The molecule has 2 heterocycles. The number of Topliss-reactive ketones (excluding diaryl/α,β-unsaturated/α-hetero) is 1. The van der Waals surface area contributed by atoms with Gasteiger partial charge in [0.2, 0.25) is 0 Å². The molecule has 1 aromatic heterocycles. The third-order valence-electron chi connectivity index (χ3n) is 6.15. The summed E-state index contributed by atoms with van der Waals surface area (Å²) in [5.41, 5.74) is 2.00. The van der Waals surface area contributed by atoms with Crippen LogP contribution in [0.4, 0.5) is 4.39 Å². The molecule has 34 heavy (non-hydrogen) atoms. The van der Waals surface area contributed by atoms with Crippen LogP contribution in [0.5, 0.6) is 0 Å². The van der Waals surface area contributed by atoms with Gasteiger partial charge in [0, 0.05) is 42.9 Å². The molecule has 9 heteroatoms. The van der Waals surface area contributed by atoms with Crippen LogP contribution in [0.1, 0.15) is 49.9 Å². The Bertz CT molecular complexity index is 1110. The second-order valence-corrected chi connectivity index (χ2v) is 10.2. The maximum Gasteiger partial charge on any atom is 0.305 e. The van der Waals surface area contributed by atoms with Gasteiger partial charge in [-0.25, -0.2) is 4.39 Å². The number of carboxylic acid groups (broad SMARTS) is 1. The molecule has 4 rings (SSSR count). The first kappa shape index (κ1) is 24.3. The van der Waals surface area contributed by atoms with Crippen molar-refractivity contribution in [2.75, 3.05) is 13.1 Å². The monoisotopic (exact) mass is 485 g/mol. The Balaban J connectivity index is 1.62. The molecule has 1 saturated heterocycles. The van der Waals surface area contributed by atoms with Crippen LogP contribution in [0.15, 0.2) is 42.1 Å². The largest absolute Gasteiger partial charge is 0.481 e. The lowest BCUT2D eigenvalue weighted by atomic mass is 9.93. The van der Waals surface area contributed by atoms with E-state index >= 15 is 0 Å². The van der Waals surface area contributed by atoms with Crippen molar-refractivity contribution in [3.05, 3.63) is 59.2 Å². The standard InChI is InChI=1S/C25H28FN3O4S/c1-16(30)34-22-9-11-28(15-18(22)14-19-8-12-29(27-19)13-10-23(31)32)24(25(33)17-6-7-17)20-4-2-3-5-21(20)26/h2-5,8,12,14,17,22,24H,6-7,9-11,13,15H2,1H3,(H,31,32)/t22-,24?/m0/s1. The molecule has 2 fully saturated rings. The summed E-state index contributed by atoms with van der Waals surface area (Å²) in [7, 11) is 0. The van der Waals surface area contributed by atoms with Gasteiger partial charge in [-0.3, -0.25) is 24.0 Å². The summed E-state index contributed by atoms with van der Waals surface area (Å²) in [6, 6.07) is 7.59. The van der Waals surface area contributed by atoms with E-state index < -0.39 is 12.0 Å². The number of rotatable bonds is 9. The molecule has 1 aliphatic carbocycles. The normalized spacial score (nSPS) is 20.9. The van der Waals surface area contributed by atoms with E-state index in [0.717, 1.165) is 18.4 Å². The van der Waals surface area contributed by atoms with Gasteiger partial charge in [-0.05, 0) is 43.0 Å². The number of nitrogens with zero attached hydrogens (tertiary/aromatic N) is 3. The number of thioether (sulfide) groups is 1. The van der Waals surface area contributed by atoms with Crippen molar-refractivity contribution >= 4 is 34.7 Å². The van der Waals surface area contributed by atoms with Gasteiger partial charge in [-0.1, -0.05) is 30.0 Å². The Morgan fingerprint density at radius 3 is 2.68 bits per heavy atom. The maximum atomic E-state index is 14.8. The summed E-state index contributed by atoms with van der Waals surface area (Å²) in [5, 5.41) is 13.3. The van der Waals surface area contributed by atoms with E-state index in [1.54, 1.807) is 35.1 Å². The number of carbonyl (C=O) groups excluding carboxylic acids is 2. The molecular weight excluding hydrogens is 457 g/mol. The van der Waals surface area contributed by atoms with Crippen LogP contribution in [0.3, 0.4) is 0 Å². The first-order chi connectivity index (χ1) is 16.3. The molecule has 1 saturated carbocycles. The SMILES string of the molecule is CC(=O)S[C@H]1CCN(C(C(=O)C2CC2)c2ccccc2F)CC1=Cc1ccn(CCC(=O)O)n1. The number of halogens is 1. The molecule has 0 bridgehead atoms. The molecule has 2 aliphatic rings. The zero-order chi connectivity index (χ0) is 24.2. The van der Waals surface area contributed by atoms with Crippen molar-refractivity contribution in [2.24, 2.45) is 5.92 Å². The fourth-order valence-electron chi connectivity index (χ4n) is 4.37. The number of hydrogen-bond donors (Lipinski definition) is 1. The van der Waals surface area contributed by atoms with Crippen molar-refractivity contribution in [2.45, 2.75) is 50.4 Å². The molecule has 1 unspecified atom stereocenters. The average molecular weight is 486 g/mol. The number of carboxylic acids is 1. The third-order valence-corrected chi connectivity index (χ3v) is 7.30. The lowest BCUT2D eigenvalue weighted by Crippen LogP contribution is -2.43. The van der Waals surface area contributed by atoms with E-state index in [-0.39, 0.29) is 40.8 Å². The van der Waals surface area contributed by atoms with E-state index in [4.69, 9.17) is 5.11 Å². The molecular formula is C25H28FN3O4S. The van der Waals surface area contributed by atoms with Gasteiger partial charge < -0.3 is 5.11 Å². The van der Waals surface area contributed by atoms with Crippen LogP contribution in [0.25, 0.3) is 6.08 Å². The molecule has 2 aromatic rings. The lowest BCUT2D eigenvalue weighted by Gasteiger charge is -2.38. The molecule has 0 radical (unpaired) electrons. The molecule has 1 aromatic carbocycles. The van der Waals surface area contributed by atoms with Gasteiger partial charge in [0.1, 0.15) is 5.82 Å². The van der Waals surface area contributed by atoms with Crippen molar-refractivity contribution < 1.29 is 23.9 Å². The number of hydrogen-bond acceptors (Lipinski definition) is 6. The van der Waals surface area contributed by atoms with Gasteiger partial charge in [0.15, 0.2) is 10.9 Å². The van der Waals surface area contributed by atoms with Crippen molar-refractivity contribution in [1.29, 1.82) is 0 Å². The Kier molecular flexibility index (Phi) is 7.63. The highest BCUT2D eigenvalue weighted by molar-refractivity contribution is 8.14. The molecule has 1 N–H and O–H groups in total. The van der Waals surface area contributed by atoms with Crippen LogP contribution in [0, 0.1) is 11.7 Å². The summed E-state index contributed by atoms with van der Waals surface area (Å²) in [6.07, 6.45) is 5.94. The Hall–Kier alpha value is -2.78. The number of carbonyl (C=O) groups is 3. The van der Waals surface area contributed by atoms with E-state index in [1.165, 1.54) is 24.8 Å². The zero-order valence-corrected chi connectivity index (χ0v) is 19.8. The summed E-state index contributed by atoms with van der Waals surface area (Å²) < 4.78 is 16.3. The fourth-order valence-corrected chi connectivity index (χ4v) is 5.29. The highest BCUT2D eigenvalue weighted by Crippen LogP contribution is 2.40. The summed E-state index contributed by atoms with van der Waals surface area (Å²) in [5.74, 6) is -1.24. The van der Waals surface area contributed by atoms with E-state index in [9.17, 15) is 18.8 Å². The van der Waals surface area contributed by atoms with E-state index in [0.29, 0.717) is 30.8 Å². The highest BCUT2D eigenvalue weighted by atomic mass is 32.2. The molecule has 0 spiro atoms. The minimum Gasteiger partial charge on any atom is -0.481 e. The van der Waals surface area contributed by atoms with Crippen molar-refractivity contribution in [1.82, 2.24) is 14.7 Å². The highest BCUT2D eigenvalue weighted by Gasteiger charge is 2.41.